The zero-order valence-electron chi connectivity index (χ0n) is 11.7. The molecule has 2 N–H and O–H groups in total. The summed E-state index contributed by atoms with van der Waals surface area (Å²) in [6.07, 6.45) is 3.16. The van der Waals surface area contributed by atoms with E-state index in [2.05, 4.69) is 4.98 Å². The van der Waals surface area contributed by atoms with Crippen LogP contribution in [0.1, 0.15) is 35.1 Å². The lowest BCUT2D eigenvalue weighted by molar-refractivity contribution is -0.686. The Morgan fingerprint density at radius 3 is 2.65 bits per heavy atom. The number of aliphatic carboxylic acids is 1. The van der Waals surface area contributed by atoms with Crippen molar-refractivity contribution in [3.63, 3.8) is 0 Å². The van der Waals surface area contributed by atoms with Crippen molar-refractivity contribution in [1.82, 2.24) is 9.71 Å². The van der Waals surface area contributed by atoms with Gasteiger partial charge >= 0.3 is 11.8 Å². The first kappa shape index (κ1) is 14.0. The summed E-state index contributed by atoms with van der Waals surface area (Å²) in [5, 5.41) is 19.4. The molecule has 20 heavy (non-hydrogen) atoms. The van der Waals surface area contributed by atoms with Gasteiger partial charge in [0.05, 0.1) is 13.5 Å². The molecule has 0 bridgehead atoms. The summed E-state index contributed by atoms with van der Waals surface area (Å²) in [6, 6.07) is 3.58. The number of aromatic nitrogens is 3. The maximum absolute atomic E-state index is 11.2. The fraction of sp³-hybridized carbons (Fsp3) is 0.357. The molecule has 0 saturated carbocycles. The number of imidazole rings is 1. The highest BCUT2D eigenvalue weighted by molar-refractivity contribution is 5.68. The number of hydrogen-bond acceptors (Lipinski definition) is 3. The monoisotopic (exact) mass is 276 g/mol. The fourth-order valence-corrected chi connectivity index (χ4v) is 2.38. The van der Waals surface area contributed by atoms with E-state index < -0.39 is 11.9 Å². The minimum atomic E-state index is -0.921. The van der Waals surface area contributed by atoms with Crippen LogP contribution in [0, 0.1) is 13.8 Å². The van der Waals surface area contributed by atoms with Gasteiger partial charge < -0.3 is 10.3 Å². The molecule has 0 aliphatic carbocycles. The SMILES string of the molecule is Cc1c(C)[n+](C)c([C@H](CC(=O)O)c2cccnc2)n1O. The van der Waals surface area contributed by atoms with Crippen LogP contribution in [0.5, 0.6) is 0 Å². The maximum Gasteiger partial charge on any atom is 0.304 e. The van der Waals surface area contributed by atoms with Gasteiger partial charge in [-0.05, 0) is 16.4 Å². The third-order valence-corrected chi connectivity index (χ3v) is 3.68. The molecule has 0 spiro atoms. The third-order valence-electron chi connectivity index (χ3n) is 3.68. The Kier molecular flexibility index (Phi) is 3.74. The third kappa shape index (κ3) is 2.36. The Labute approximate surface area is 116 Å². The average Bonchev–Trinajstić information content (AvgIpc) is 2.62. The van der Waals surface area contributed by atoms with Crippen LogP contribution >= 0.6 is 0 Å². The van der Waals surface area contributed by atoms with Gasteiger partial charge in [-0.1, -0.05) is 6.07 Å². The Morgan fingerprint density at radius 2 is 2.20 bits per heavy atom. The molecule has 0 amide bonds. The minimum Gasteiger partial charge on any atom is -0.481 e. The van der Waals surface area contributed by atoms with E-state index in [4.69, 9.17) is 5.11 Å². The summed E-state index contributed by atoms with van der Waals surface area (Å²) in [4.78, 5) is 15.2. The van der Waals surface area contributed by atoms with Crippen molar-refractivity contribution >= 4 is 5.97 Å². The van der Waals surface area contributed by atoms with Crippen LogP contribution in [0.4, 0.5) is 0 Å². The van der Waals surface area contributed by atoms with Crippen LogP contribution in [0.15, 0.2) is 24.5 Å². The largest absolute Gasteiger partial charge is 0.481 e. The quantitative estimate of drug-likeness (QED) is 0.649. The zero-order chi connectivity index (χ0) is 14.9. The predicted molar refractivity (Wildman–Crippen MR) is 70.6 cm³/mol. The van der Waals surface area contributed by atoms with Crippen LogP contribution in [0.2, 0.25) is 0 Å². The van der Waals surface area contributed by atoms with Crippen LogP contribution in [-0.2, 0) is 11.8 Å². The summed E-state index contributed by atoms with van der Waals surface area (Å²) in [7, 11) is 1.82. The zero-order valence-corrected chi connectivity index (χ0v) is 11.7. The van der Waals surface area contributed by atoms with Gasteiger partial charge in [0.25, 0.3) is 0 Å². The molecule has 0 aromatic carbocycles. The van der Waals surface area contributed by atoms with E-state index in [0.717, 1.165) is 16.0 Å². The number of carboxylic acids is 1. The highest BCUT2D eigenvalue weighted by Crippen LogP contribution is 2.26. The minimum absolute atomic E-state index is 0.108. The second-order valence-corrected chi connectivity index (χ2v) is 4.84. The molecule has 6 heteroatoms. The molecule has 2 rings (SSSR count). The summed E-state index contributed by atoms with van der Waals surface area (Å²) >= 11 is 0. The normalized spacial score (nSPS) is 12.3. The molecule has 2 heterocycles. The molecule has 0 aliphatic rings. The lowest BCUT2D eigenvalue weighted by Gasteiger charge is -2.11. The van der Waals surface area contributed by atoms with Crippen molar-refractivity contribution in [3.05, 3.63) is 47.3 Å². The van der Waals surface area contributed by atoms with Crippen molar-refractivity contribution in [2.45, 2.75) is 26.2 Å². The molecule has 2 aromatic rings. The summed E-state index contributed by atoms with van der Waals surface area (Å²) in [5.74, 6) is -0.839. The second kappa shape index (κ2) is 5.32. The van der Waals surface area contributed by atoms with Crippen LogP contribution in [-0.4, -0.2) is 26.0 Å². The number of carbonyl (C=O) groups is 1. The predicted octanol–water partition coefficient (Wildman–Crippen LogP) is 1.17. The van der Waals surface area contributed by atoms with Gasteiger partial charge in [0, 0.05) is 26.2 Å². The van der Waals surface area contributed by atoms with Gasteiger partial charge in [0.2, 0.25) is 0 Å². The van der Waals surface area contributed by atoms with Crippen molar-refractivity contribution in [3.8, 4) is 0 Å². The maximum atomic E-state index is 11.2. The highest BCUT2D eigenvalue weighted by Gasteiger charge is 2.33. The first-order chi connectivity index (χ1) is 9.43. The van der Waals surface area contributed by atoms with E-state index in [1.807, 2.05) is 24.6 Å². The summed E-state index contributed by atoms with van der Waals surface area (Å²) in [6.45, 7) is 3.67. The van der Waals surface area contributed by atoms with E-state index in [0.29, 0.717) is 11.5 Å². The number of rotatable bonds is 4. The van der Waals surface area contributed by atoms with Crippen LogP contribution in [0.25, 0.3) is 0 Å². The number of pyridine rings is 1. The second-order valence-electron chi connectivity index (χ2n) is 4.84. The Balaban J connectivity index is 2.59. The summed E-state index contributed by atoms with van der Waals surface area (Å²) < 4.78 is 2.88. The Hall–Kier alpha value is -2.37. The average molecular weight is 276 g/mol. The van der Waals surface area contributed by atoms with Crippen molar-refractivity contribution in [2.75, 3.05) is 0 Å². The number of hydrogen-bond donors (Lipinski definition) is 2. The standard InChI is InChI=1S/C14H17N3O3/c1-9-10(2)17(20)14(16(9)3)12(7-13(18)19)11-5-4-6-15-8-11/h4-6,8,12H,7H2,1-3H3,(H-,18,19,20)/p+1/t12-/m1/s1. The molecule has 0 aliphatic heterocycles. The fourth-order valence-electron chi connectivity index (χ4n) is 2.38. The lowest BCUT2D eigenvalue weighted by Crippen LogP contribution is -2.37. The Bertz CT molecular complexity index is 609. The molecule has 6 nitrogen and oxygen atoms in total. The van der Waals surface area contributed by atoms with E-state index in [9.17, 15) is 10.0 Å². The van der Waals surface area contributed by atoms with E-state index >= 15 is 0 Å². The number of nitrogens with zero attached hydrogens (tertiary/aromatic N) is 3. The van der Waals surface area contributed by atoms with E-state index in [1.165, 1.54) is 0 Å². The van der Waals surface area contributed by atoms with Crippen molar-refractivity contribution in [2.24, 2.45) is 7.05 Å². The van der Waals surface area contributed by atoms with E-state index in [-0.39, 0.29) is 6.42 Å². The molecular weight excluding hydrogens is 258 g/mol. The van der Waals surface area contributed by atoms with Gasteiger partial charge in [-0.15, -0.1) is 0 Å². The van der Waals surface area contributed by atoms with Crippen LogP contribution < -0.4 is 4.57 Å². The topological polar surface area (TPSA) is 79.2 Å². The number of carboxylic acid groups (broad SMARTS) is 1. The summed E-state index contributed by atoms with van der Waals surface area (Å²) in [5.41, 5.74) is 2.35. The molecule has 2 aromatic heterocycles. The van der Waals surface area contributed by atoms with Gasteiger partial charge in [-0.25, -0.2) is 4.57 Å². The highest BCUT2D eigenvalue weighted by atomic mass is 16.5. The lowest BCUT2D eigenvalue weighted by atomic mass is 9.96. The first-order valence-corrected chi connectivity index (χ1v) is 6.32. The smallest absolute Gasteiger partial charge is 0.304 e. The van der Waals surface area contributed by atoms with Gasteiger partial charge in [0.1, 0.15) is 11.6 Å². The van der Waals surface area contributed by atoms with Crippen molar-refractivity contribution in [1.29, 1.82) is 0 Å². The molecule has 1 atom stereocenters. The molecule has 0 saturated heterocycles. The molecule has 106 valence electrons. The molecule has 0 unspecified atom stereocenters. The van der Waals surface area contributed by atoms with Crippen LogP contribution in [0.3, 0.4) is 0 Å². The van der Waals surface area contributed by atoms with Gasteiger partial charge in [-0.3, -0.25) is 9.78 Å². The molecule has 0 fully saturated rings. The molecular formula is C14H18N3O3+. The van der Waals surface area contributed by atoms with E-state index in [1.54, 1.807) is 25.4 Å². The van der Waals surface area contributed by atoms with Gasteiger partial charge in [-0.2, -0.15) is 0 Å². The molecule has 0 radical (unpaired) electrons. The first-order valence-electron chi connectivity index (χ1n) is 6.32. The Morgan fingerprint density at radius 1 is 1.50 bits per heavy atom. The van der Waals surface area contributed by atoms with Crippen molar-refractivity contribution < 1.29 is 19.7 Å². The van der Waals surface area contributed by atoms with Gasteiger partial charge in [0.15, 0.2) is 5.69 Å².